The average molecular weight is 267 g/mol. The van der Waals surface area contributed by atoms with Gasteiger partial charge in [0, 0.05) is 13.1 Å². The van der Waals surface area contributed by atoms with Crippen LogP contribution in [0.15, 0.2) is 16.8 Å². The fourth-order valence-corrected chi connectivity index (χ4v) is 3.05. The molecule has 106 valence electrons. The second-order valence-electron chi connectivity index (χ2n) is 5.42. The summed E-state index contributed by atoms with van der Waals surface area (Å²) < 4.78 is 0. The molecular formula is C12H21N5O2. The Morgan fingerprint density at radius 3 is 3.11 bits per heavy atom. The summed E-state index contributed by atoms with van der Waals surface area (Å²) in [5, 5.41) is 12.8. The summed E-state index contributed by atoms with van der Waals surface area (Å²) in [6.45, 7) is 3.83. The van der Waals surface area contributed by atoms with E-state index in [2.05, 4.69) is 23.4 Å². The topological polar surface area (TPSA) is 106 Å². The molecule has 7 nitrogen and oxygen atoms in total. The molecule has 4 N–H and O–H groups in total. The van der Waals surface area contributed by atoms with Gasteiger partial charge in [0.15, 0.2) is 5.03 Å². The van der Waals surface area contributed by atoms with Gasteiger partial charge in [-0.1, -0.05) is 12.3 Å². The highest BCUT2D eigenvalue weighted by atomic mass is 16.7. The van der Waals surface area contributed by atoms with E-state index in [-0.39, 0.29) is 5.96 Å². The molecular weight excluding hydrogens is 246 g/mol. The molecule has 0 bridgehead atoms. The molecule has 0 saturated heterocycles. The minimum atomic E-state index is -0.686. The van der Waals surface area contributed by atoms with Crippen molar-refractivity contribution < 1.29 is 5.03 Å². The molecule has 1 aliphatic heterocycles. The third-order valence-electron chi connectivity index (χ3n) is 4.12. The second-order valence-corrected chi connectivity index (χ2v) is 5.42. The largest absolute Gasteiger partial charge is 0.391 e. The van der Waals surface area contributed by atoms with E-state index in [0.717, 1.165) is 19.4 Å². The fraction of sp³-hybridized carbons (Fsp3) is 0.750. The number of nitrogens with zero attached hydrogens (tertiary/aromatic N) is 2. The smallest absolute Gasteiger partial charge is 0.251 e. The van der Waals surface area contributed by atoms with E-state index in [1.165, 1.54) is 12.0 Å². The Bertz CT molecular complexity index is 407. The predicted octanol–water partition coefficient (Wildman–Crippen LogP) is 0.622. The average Bonchev–Trinajstić information content (AvgIpc) is 2.94. The van der Waals surface area contributed by atoms with E-state index in [0.29, 0.717) is 24.3 Å². The van der Waals surface area contributed by atoms with E-state index in [1.54, 1.807) is 0 Å². The molecule has 0 aromatic heterocycles. The van der Waals surface area contributed by atoms with Crippen molar-refractivity contribution in [2.45, 2.75) is 26.2 Å². The third-order valence-corrected chi connectivity index (χ3v) is 4.12. The number of hydrogen-bond acceptors (Lipinski definition) is 4. The van der Waals surface area contributed by atoms with Crippen molar-refractivity contribution in [3.63, 3.8) is 0 Å². The molecule has 0 aromatic rings. The zero-order chi connectivity index (χ0) is 13.8. The highest BCUT2D eigenvalue weighted by molar-refractivity contribution is 5.76. The van der Waals surface area contributed by atoms with Crippen LogP contribution in [0.4, 0.5) is 0 Å². The van der Waals surface area contributed by atoms with Gasteiger partial charge in [0.1, 0.15) is 0 Å². The van der Waals surface area contributed by atoms with Crippen LogP contribution in [0.2, 0.25) is 0 Å². The molecule has 0 radical (unpaired) electrons. The summed E-state index contributed by atoms with van der Waals surface area (Å²) in [5.74, 6) is 1.56. The zero-order valence-corrected chi connectivity index (χ0v) is 11.1. The van der Waals surface area contributed by atoms with E-state index >= 15 is 0 Å². The van der Waals surface area contributed by atoms with Crippen molar-refractivity contribution in [3.05, 3.63) is 21.9 Å². The van der Waals surface area contributed by atoms with Gasteiger partial charge >= 0.3 is 0 Å². The van der Waals surface area contributed by atoms with Gasteiger partial charge in [-0.05, 0) is 48.8 Å². The molecule has 19 heavy (non-hydrogen) atoms. The Kier molecular flexibility index (Phi) is 4.24. The first kappa shape index (κ1) is 13.6. The molecule has 1 fully saturated rings. The lowest BCUT2D eigenvalue weighted by atomic mass is 9.96. The number of nitro groups is 1. The van der Waals surface area contributed by atoms with Gasteiger partial charge in [-0.25, -0.2) is 15.1 Å². The maximum absolute atomic E-state index is 10.2. The number of hydrogen-bond donors (Lipinski definition) is 3. The lowest BCUT2D eigenvalue weighted by Gasteiger charge is -2.11. The maximum Gasteiger partial charge on any atom is 0.251 e. The zero-order valence-electron chi connectivity index (χ0n) is 11.1. The van der Waals surface area contributed by atoms with E-state index < -0.39 is 5.03 Å². The molecule has 3 unspecified atom stereocenters. The van der Waals surface area contributed by atoms with Gasteiger partial charge < -0.3 is 11.1 Å². The van der Waals surface area contributed by atoms with Gasteiger partial charge in [-0.2, -0.15) is 0 Å². The maximum atomic E-state index is 10.2. The number of aliphatic imine (C=N–C) groups is 1. The van der Waals surface area contributed by atoms with Crippen LogP contribution in [-0.4, -0.2) is 24.1 Å². The Labute approximate surface area is 112 Å². The molecule has 0 aromatic carbocycles. The van der Waals surface area contributed by atoms with E-state index in [1.807, 2.05) is 5.43 Å². The van der Waals surface area contributed by atoms with Crippen LogP contribution in [0.3, 0.4) is 0 Å². The lowest BCUT2D eigenvalue weighted by Crippen LogP contribution is -2.36. The molecule has 2 aliphatic rings. The van der Waals surface area contributed by atoms with Crippen molar-refractivity contribution in [3.8, 4) is 0 Å². The van der Waals surface area contributed by atoms with Crippen LogP contribution in [0.1, 0.15) is 26.2 Å². The molecule has 3 atom stereocenters. The Hall–Kier alpha value is -1.79. The predicted molar refractivity (Wildman–Crippen MR) is 72.7 cm³/mol. The molecule has 1 heterocycles. The Morgan fingerprint density at radius 2 is 2.47 bits per heavy atom. The third kappa shape index (κ3) is 3.59. The molecule has 0 spiro atoms. The van der Waals surface area contributed by atoms with Crippen molar-refractivity contribution in [2.24, 2.45) is 28.5 Å². The normalized spacial score (nSPS) is 30.9. The first-order chi connectivity index (χ1) is 9.06. The Morgan fingerprint density at radius 1 is 1.68 bits per heavy atom. The van der Waals surface area contributed by atoms with Crippen LogP contribution in [0.5, 0.6) is 0 Å². The highest BCUT2D eigenvalue weighted by Crippen LogP contribution is 2.41. The molecule has 1 aliphatic carbocycles. The summed E-state index contributed by atoms with van der Waals surface area (Å²) >= 11 is 0. The first-order valence-corrected chi connectivity index (χ1v) is 6.69. The van der Waals surface area contributed by atoms with Crippen molar-refractivity contribution >= 4 is 5.96 Å². The summed E-state index contributed by atoms with van der Waals surface area (Å²) in [6.07, 6.45) is 5.56. The molecule has 2 rings (SSSR count). The number of guanidine groups is 1. The van der Waals surface area contributed by atoms with Crippen LogP contribution in [0, 0.1) is 27.9 Å². The quantitative estimate of drug-likeness (QED) is 0.300. The summed E-state index contributed by atoms with van der Waals surface area (Å²) in [6, 6.07) is 0. The first-order valence-electron chi connectivity index (χ1n) is 6.69. The minimum absolute atomic E-state index is 0.109. The number of hydrazine groups is 1. The van der Waals surface area contributed by atoms with Crippen molar-refractivity contribution in [2.75, 3.05) is 13.1 Å². The summed E-state index contributed by atoms with van der Waals surface area (Å²) in [4.78, 5) is 14.3. The van der Waals surface area contributed by atoms with E-state index in [9.17, 15) is 10.1 Å². The van der Waals surface area contributed by atoms with Gasteiger partial charge in [0.25, 0.3) is 5.96 Å². The Balaban J connectivity index is 1.86. The highest BCUT2D eigenvalue weighted by Gasteiger charge is 2.33. The van der Waals surface area contributed by atoms with E-state index in [4.69, 9.17) is 5.73 Å². The van der Waals surface area contributed by atoms with Gasteiger partial charge in [-0.15, -0.1) is 0 Å². The fourth-order valence-electron chi connectivity index (χ4n) is 3.05. The molecule has 0 amide bonds. The summed E-state index contributed by atoms with van der Waals surface area (Å²) in [7, 11) is 0. The minimum Gasteiger partial charge on any atom is -0.391 e. The van der Waals surface area contributed by atoms with Crippen molar-refractivity contribution in [1.82, 2.24) is 10.7 Å². The monoisotopic (exact) mass is 267 g/mol. The van der Waals surface area contributed by atoms with Crippen LogP contribution < -0.4 is 16.5 Å². The van der Waals surface area contributed by atoms with Crippen molar-refractivity contribution in [1.29, 1.82) is 0 Å². The SMILES string of the molecule is CC1CC(C2=CNCC2)CC1CN=C(N)N[N+](=O)[O-]. The van der Waals surface area contributed by atoms with Crippen LogP contribution >= 0.6 is 0 Å². The molecule has 7 heteroatoms. The summed E-state index contributed by atoms with van der Waals surface area (Å²) in [5.41, 5.74) is 8.82. The van der Waals surface area contributed by atoms with Gasteiger partial charge in [0.2, 0.25) is 0 Å². The van der Waals surface area contributed by atoms with Gasteiger partial charge in [-0.3, -0.25) is 0 Å². The number of nitrogens with one attached hydrogen (secondary N) is 2. The standard InChI is InChI=1S/C12H21N5O2/c1-8-4-10(9-2-3-14-6-9)5-11(8)7-15-12(13)16-17(18)19/h6,8,10-11,14H,2-5,7H2,1H3,(H3,13,15,16). The number of nitrogens with two attached hydrogens (primary N) is 1. The lowest BCUT2D eigenvalue weighted by molar-refractivity contribution is -0.525. The second kappa shape index (κ2) is 5.90. The molecule has 1 saturated carbocycles. The van der Waals surface area contributed by atoms with Crippen LogP contribution in [0.25, 0.3) is 0 Å². The van der Waals surface area contributed by atoms with Crippen LogP contribution in [-0.2, 0) is 0 Å². The van der Waals surface area contributed by atoms with Gasteiger partial charge in [0.05, 0.1) is 0 Å². The number of rotatable bonds is 4.